The van der Waals surface area contributed by atoms with Crippen LogP contribution in [0.15, 0.2) is 54.6 Å². The molecule has 1 saturated heterocycles. The molecule has 1 heterocycles. The molecule has 0 aliphatic carbocycles. The van der Waals surface area contributed by atoms with Crippen molar-refractivity contribution in [3.8, 4) is 0 Å². The number of benzene rings is 2. The third-order valence-electron chi connectivity index (χ3n) is 4.23. The summed E-state index contributed by atoms with van der Waals surface area (Å²) in [7, 11) is 0. The van der Waals surface area contributed by atoms with E-state index < -0.39 is 5.79 Å². The van der Waals surface area contributed by atoms with Gasteiger partial charge in [-0.3, -0.25) is 0 Å². The zero-order chi connectivity index (χ0) is 18.4. The highest BCUT2D eigenvalue weighted by atomic mass is 79.9. The number of ether oxygens (including phenoxy) is 3. The summed E-state index contributed by atoms with van der Waals surface area (Å²) in [4.78, 5) is 12.0. The van der Waals surface area contributed by atoms with Crippen molar-refractivity contribution < 1.29 is 19.0 Å². The van der Waals surface area contributed by atoms with Crippen molar-refractivity contribution in [3.63, 3.8) is 0 Å². The van der Waals surface area contributed by atoms with Gasteiger partial charge in [0.05, 0.1) is 17.5 Å². The second-order valence-electron chi connectivity index (χ2n) is 6.19. The van der Waals surface area contributed by atoms with Gasteiger partial charge in [-0.15, -0.1) is 0 Å². The smallest absolute Gasteiger partial charge is 0.338 e. The van der Waals surface area contributed by atoms with E-state index in [1.54, 1.807) is 24.3 Å². The zero-order valence-corrected chi connectivity index (χ0v) is 16.5. The number of hydrogen-bond donors (Lipinski definition) is 0. The maximum absolute atomic E-state index is 12.0. The van der Waals surface area contributed by atoms with Crippen LogP contribution in [0.25, 0.3) is 0 Å². The second kappa shape index (κ2) is 9.00. The van der Waals surface area contributed by atoms with Crippen LogP contribution < -0.4 is 0 Å². The van der Waals surface area contributed by atoms with E-state index in [2.05, 4.69) is 15.9 Å². The third-order valence-corrected chi connectivity index (χ3v) is 5.34. The highest BCUT2D eigenvalue weighted by Gasteiger charge is 2.40. The van der Waals surface area contributed by atoms with E-state index in [-0.39, 0.29) is 18.7 Å². The highest BCUT2D eigenvalue weighted by Crippen LogP contribution is 2.31. The number of esters is 1. The first kappa shape index (κ1) is 19.4. The summed E-state index contributed by atoms with van der Waals surface area (Å²) in [5, 5.41) is 1.27. The molecule has 2 aromatic carbocycles. The molecule has 1 aliphatic rings. The van der Waals surface area contributed by atoms with Gasteiger partial charge in [0.1, 0.15) is 12.7 Å². The molecule has 0 bridgehead atoms. The lowest BCUT2D eigenvalue weighted by atomic mass is 10.1. The summed E-state index contributed by atoms with van der Waals surface area (Å²) in [5.74, 6) is -1.06. The highest BCUT2D eigenvalue weighted by molar-refractivity contribution is 9.09. The van der Waals surface area contributed by atoms with Crippen LogP contribution in [0.3, 0.4) is 0 Å². The Kier molecular flexibility index (Phi) is 6.70. The van der Waals surface area contributed by atoms with Gasteiger partial charge in [0.15, 0.2) is 5.79 Å². The fourth-order valence-electron chi connectivity index (χ4n) is 2.78. The summed E-state index contributed by atoms with van der Waals surface area (Å²) in [5.41, 5.74) is 1.70. The molecule has 1 fully saturated rings. The summed E-state index contributed by atoms with van der Waals surface area (Å²) in [6.45, 7) is 0.567. The van der Waals surface area contributed by atoms with Crippen molar-refractivity contribution in [2.24, 2.45) is 0 Å². The van der Waals surface area contributed by atoms with Gasteiger partial charge in [0.25, 0.3) is 0 Å². The van der Waals surface area contributed by atoms with Gasteiger partial charge in [0.2, 0.25) is 0 Å². The van der Waals surface area contributed by atoms with Gasteiger partial charge in [0, 0.05) is 11.4 Å². The average molecular weight is 440 g/mol. The van der Waals surface area contributed by atoms with E-state index >= 15 is 0 Å². The van der Waals surface area contributed by atoms with Gasteiger partial charge in [-0.05, 0) is 36.2 Å². The Morgan fingerprint density at radius 2 is 1.92 bits per heavy atom. The molecule has 0 spiro atoms. The van der Waals surface area contributed by atoms with Crippen LogP contribution in [-0.2, 0) is 20.6 Å². The van der Waals surface area contributed by atoms with Crippen LogP contribution in [-0.4, -0.2) is 36.4 Å². The molecule has 2 atom stereocenters. The predicted molar refractivity (Wildman–Crippen MR) is 104 cm³/mol. The molecule has 0 N–H and O–H groups in total. The fraction of sp³-hybridized carbons (Fsp3) is 0.350. The quantitative estimate of drug-likeness (QED) is 0.466. The predicted octanol–water partition coefficient (Wildman–Crippen LogP) is 4.64. The molecule has 0 unspecified atom stereocenters. The molecule has 0 radical (unpaired) electrons. The number of halogens is 2. The van der Waals surface area contributed by atoms with Gasteiger partial charge >= 0.3 is 5.97 Å². The van der Waals surface area contributed by atoms with Crippen LogP contribution in [0.2, 0.25) is 5.02 Å². The Morgan fingerprint density at radius 1 is 1.19 bits per heavy atom. The van der Waals surface area contributed by atoms with Crippen LogP contribution in [0.4, 0.5) is 0 Å². The number of carbonyl (C=O) groups excluding carboxylic acids is 1. The third kappa shape index (κ3) is 5.07. The van der Waals surface area contributed by atoms with Crippen molar-refractivity contribution in [2.45, 2.75) is 24.7 Å². The second-order valence-corrected chi connectivity index (χ2v) is 7.18. The van der Waals surface area contributed by atoms with E-state index in [9.17, 15) is 4.79 Å². The normalized spacial score (nSPS) is 22.3. The van der Waals surface area contributed by atoms with E-state index in [1.807, 2.05) is 30.3 Å². The van der Waals surface area contributed by atoms with Gasteiger partial charge in [-0.25, -0.2) is 4.79 Å². The maximum atomic E-state index is 12.0. The van der Waals surface area contributed by atoms with E-state index in [4.69, 9.17) is 25.8 Å². The fourth-order valence-corrected chi connectivity index (χ4v) is 3.48. The first-order valence-electron chi connectivity index (χ1n) is 8.45. The lowest BCUT2D eigenvalue weighted by Gasteiger charge is -2.26. The Balaban J connectivity index is 1.50. The molecule has 0 saturated carbocycles. The molecule has 2 aromatic rings. The van der Waals surface area contributed by atoms with Gasteiger partial charge in [-0.2, -0.15) is 0 Å². The Bertz CT molecular complexity index is 722. The number of rotatable bonds is 7. The average Bonchev–Trinajstić information content (AvgIpc) is 3.10. The van der Waals surface area contributed by atoms with Gasteiger partial charge in [-0.1, -0.05) is 57.9 Å². The molecule has 0 amide bonds. The summed E-state index contributed by atoms with van der Waals surface area (Å²) >= 11 is 9.40. The Labute approximate surface area is 166 Å². The Hall–Kier alpha value is -1.40. The van der Waals surface area contributed by atoms with E-state index in [0.717, 1.165) is 11.4 Å². The minimum atomic E-state index is -0.705. The topological polar surface area (TPSA) is 44.8 Å². The molecule has 3 rings (SSSR count). The molecule has 0 aromatic heterocycles. The molecular weight excluding hydrogens is 420 g/mol. The lowest BCUT2D eigenvalue weighted by molar-refractivity contribution is -0.156. The molecule has 26 heavy (non-hydrogen) atoms. The molecule has 4 nitrogen and oxygen atoms in total. The van der Waals surface area contributed by atoms with Crippen molar-refractivity contribution in [3.05, 3.63) is 70.7 Å². The van der Waals surface area contributed by atoms with Crippen molar-refractivity contribution in [2.75, 3.05) is 18.5 Å². The number of carbonyl (C=O) groups is 1. The van der Waals surface area contributed by atoms with Gasteiger partial charge < -0.3 is 14.2 Å². The molecule has 138 valence electrons. The maximum Gasteiger partial charge on any atom is 0.338 e. The van der Waals surface area contributed by atoms with Crippen LogP contribution in [0, 0.1) is 0 Å². The van der Waals surface area contributed by atoms with E-state index in [1.165, 1.54) is 5.56 Å². The number of alkyl halides is 1. The van der Waals surface area contributed by atoms with Crippen LogP contribution in [0.5, 0.6) is 0 Å². The van der Waals surface area contributed by atoms with Crippen LogP contribution >= 0.6 is 27.5 Å². The summed E-state index contributed by atoms with van der Waals surface area (Å²) in [6, 6.07) is 16.7. The molecular formula is C20H20BrClO4. The van der Waals surface area contributed by atoms with Crippen molar-refractivity contribution in [1.82, 2.24) is 0 Å². The van der Waals surface area contributed by atoms with Crippen molar-refractivity contribution >= 4 is 33.5 Å². The largest absolute Gasteiger partial charge is 0.459 e. The monoisotopic (exact) mass is 438 g/mol. The SMILES string of the molecule is O=C(OC[C@H]1CO[C@@](CBr)(CCc2ccc(Cl)cc2)O1)c1ccccc1. The summed E-state index contributed by atoms with van der Waals surface area (Å²) in [6.07, 6.45) is 1.23. The van der Waals surface area contributed by atoms with E-state index in [0.29, 0.717) is 23.9 Å². The van der Waals surface area contributed by atoms with Crippen molar-refractivity contribution in [1.29, 1.82) is 0 Å². The minimum Gasteiger partial charge on any atom is -0.459 e. The number of hydrogen-bond acceptors (Lipinski definition) is 4. The number of aryl methyl sites for hydroxylation is 1. The zero-order valence-electron chi connectivity index (χ0n) is 14.2. The minimum absolute atomic E-state index is 0.170. The first-order valence-corrected chi connectivity index (χ1v) is 9.94. The summed E-state index contributed by atoms with van der Waals surface area (Å²) < 4.78 is 17.3. The van der Waals surface area contributed by atoms with Crippen LogP contribution in [0.1, 0.15) is 22.3 Å². The standard InChI is InChI=1S/C20H20BrClO4/c21-14-20(11-10-15-6-8-17(22)9-7-15)25-13-18(26-20)12-24-19(23)16-4-2-1-3-5-16/h1-9,18H,10-14H2/t18-,20-/m0/s1. The molecule has 1 aliphatic heterocycles. The first-order chi connectivity index (χ1) is 12.6. The lowest BCUT2D eigenvalue weighted by Crippen LogP contribution is -2.34. The molecule has 6 heteroatoms. The Morgan fingerprint density at radius 3 is 2.62 bits per heavy atom.